The molecule has 0 bridgehead atoms. The third-order valence-electron chi connectivity index (χ3n) is 1.82. The molecular weight excluding hydrogens is 284 g/mol. The molecule has 2 aromatic rings. The van der Waals surface area contributed by atoms with Gasteiger partial charge in [0.05, 0.1) is 11.7 Å². The van der Waals surface area contributed by atoms with Gasteiger partial charge in [-0.15, -0.1) is 0 Å². The van der Waals surface area contributed by atoms with Crippen molar-refractivity contribution in [3.63, 3.8) is 0 Å². The molecule has 0 fully saturated rings. The molecule has 4 heteroatoms. The van der Waals surface area contributed by atoms with Gasteiger partial charge >= 0.3 is 0 Å². The van der Waals surface area contributed by atoms with E-state index in [9.17, 15) is 0 Å². The van der Waals surface area contributed by atoms with Crippen molar-refractivity contribution < 1.29 is 0 Å². The Bertz CT molecular complexity index is 434. The van der Waals surface area contributed by atoms with Gasteiger partial charge in [-0.05, 0) is 44.0 Å². The van der Waals surface area contributed by atoms with Crippen LogP contribution in [0, 0.1) is 0 Å². The quantitative estimate of drug-likeness (QED) is 0.729. The Morgan fingerprint density at radius 2 is 2.08 bits per heavy atom. The summed E-state index contributed by atoms with van der Waals surface area (Å²) in [6.07, 6.45) is 1.85. The molecule has 0 N–H and O–H groups in total. The number of aryl methyl sites for hydroxylation is 1. The van der Waals surface area contributed by atoms with Gasteiger partial charge in [-0.2, -0.15) is 5.10 Å². The van der Waals surface area contributed by atoms with E-state index < -0.39 is 0 Å². The molecule has 1 aromatic heterocycles. The Kier molecular flexibility index (Phi) is 1.96. The highest BCUT2D eigenvalue weighted by Crippen LogP contribution is 2.30. The fourth-order valence-electron chi connectivity index (χ4n) is 1.17. The minimum Gasteiger partial charge on any atom is -0.268 e. The number of benzene rings is 1. The van der Waals surface area contributed by atoms with Crippen molar-refractivity contribution in [3.05, 3.63) is 27.3 Å². The second-order valence-electron chi connectivity index (χ2n) is 2.56. The van der Waals surface area contributed by atoms with Gasteiger partial charge in [-0.25, -0.2) is 0 Å². The number of fused-ring (bicyclic) bond motifs is 1. The van der Waals surface area contributed by atoms with Gasteiger partial charge in [0.2, 0.25) is 0 Å². The molecule has 0 radical (unpaired) electrons. The van der Waals surface area contributed by atoms with Gasteiger partial charge in [0.15, 0.2) is 0 Å². The lowest BCUT2D eigenvalue weighted by atomic mass is 10.3. The fraction of sp³-hybridized carbons (Fsp3) is 0.125. The van der Waals surface area contributed by atoms with E-state index in [1.165, 1.54) is 0 Å². The minimum absolute atomic E-state index is 1.06. The largest absolute Gasteiger partial charge is 0.268 e. The maximum atomic E-state index is 4.16. The molecule has 0 saturated carbocycles. The van der Waals surface area contributed by atoms with Crippen LogP contribution in [0.15, 0.2) is 27.3 Å². The van der Waals surface area contributed by atoms with E-state index in [4.69, 9.17) is 0 Å². The summed E-state index contributed by atoms with van der Waals surface area (Å²) in [5.74, 6) is 0. The van der Waals surface area contributed by atoms with Crippen LogP contribution in [0.5, 0.6) is 0 Å². The molecule has 0 aliphatic carbocycles. The van der Waals surface area contributed by atoms with Crippen LogP contribution < -0.4 is 0 Å². The van der Waals surface area contributed by atoms with Crippen molar-refractivity contribution >= 4 is 42.8 Å². The second-order valence-corrected chi connectivity index (χ2v) is 4.21. The molecule has 0 atom stereocenters. The molecule has 1 heterocycles. The van der Waals surface area contributed by atoms with Crippen LogP contribution in [0.25, 0.3) is 10.9 Å². The van der Waals surface area contributed by atoms with E-state index in [-0.39, 0.29) is 0 Å². The Morgan fingerprint density at radius 3 is 2.83 bits per heavy atom. The van der Waals surface area contributed by atoms with Crippen LogP contribution in [0.3, 0.4) is 0 Å². The lowest BCUT2D eigenvalue weighted by Gasteiger charge is -1.97. The molecule has 0 aliphatic rings. The predicted molar refractivity (Wildman–Crippen MR) is 56.1 cm³/mol. The van der Waals surface area contributed by atoms with Gasteiger partial charge in [-0.1, -0.05) is 0 Å². The van der Waals surface area contributed by atoms with Crippen LogP contribution >= 0.6 is 31.9 Å². The van der Waals surface area contributed by atoms with Gasteiger partial charge in [0.1, 0.15) is 0 Å². The van der Waals surface area contributed by atoms with E-state index in [0.29, 0.717) is 0 Å². The number of aromatic nitrogens is 2. The number of hydrogen-bond donors (Lipinski definition) is 0. The van der Waals surface area contributed by atoms with Gasteiger partial charge in [0.25, 0.3) is 0 Å². The summed E-state index contributed by atoms with van der Waals surface area (Å²) < 4.78 is 3.98. The monoisotopic (exact) mass is 288 g/mol. The highest BCUT2D eigenvalue weighted by molar-refractivity contribution is 9.13. The summed E-state index contributed by atoms with van der Waals surface area (Å²) in [5.41, 5.74) is 1.13. The summed E-state index contributed by atoms with van der Waals surface area (Å²) in [6.45, 7) is 0. The lowest BCUT2D eigenvalue weighted by molar-refractivity contribution is 0.797. The molecule has 0 spiro atoms. The van der Waals surface area contributed by atoms with Crippen molar-refractivity contribution in [1.29, 1.82) is 0 Å². The normalized spacial score (nSPS) is 10.9. The second kappa shape index (κ2) is 2.85. The Balaban J connectivity index is 2.93. The van der Waals surface area contributed by atoms with Crippen LogP contribution in [0.1, 0.15) is 0 Å². The van der Waals surface area contributed by atoms with Crippen LogP contribution in [0.4, 0.5) is 0 Å². The number of rotatable bonds is 0. The summed E-state index contributed by atoms with van der Waals surface area (Å²) in [4.78, 5) is 0. The Labute approximate surface area is 86.8 Å². The Hall–Kier alpha value is -0.350. The first kappa shape index (κ1) is 8.26. The number of nitrogens with zero attached hydrogens (tertiary/aromatic N) is 2. The van der Waals surface area contributed by atoms with E-state index in [2.05, 4.69) is 37.0 Å². The zero-order valence-corrected chi connectivity index (χ0v) is 9.55. The third-order valence-corrected chi connectivity index (χ3v) is 3.87. The van der Waals surface area contributed by atoms with Crippen molar-refractivity contribution in [2.24, 2.45) is 7.05 Å². The van der Waals surface area contributed by atoms with Crippen LogP contribution in [0.2, 0.25) is 0 Å². The lowest BCUT2D eigenvalue weighted by Crippen LogP contribution is -1.87. The first-order chi connectivity index (χ1) is 5.70. The van der Waals surface area contributed by atoms with Crippen molar-refractivity contribution in [1.82, 2.24) is 9.78 Å². The average molecular weight is 290 g/mol. The summed E-state index contributed by atoms with van der Waals surface area (Å²) in [7, 11) is 1.93. The standard InChI is InChI=1S/C8H6Br2N2/c1-12-7-3-2-6(9)8(10)5(7)4-11-12/h2-4H,1H3. The molecule has 0 amide bonds. The van der Waals surface area contributed by atoms with E-state index in [0.717, 1.165) is 19.8 Å². The molecule has 0 aliphatic heterocycles. The zero-order chi connectivity index (χ0) is 8.72. The molecule has 1 aromatic carbocycles. The van der Waals surface area contributed by atoms with Gasteiger partial charge < -0.3 is 0 Å². The smallest absolute Gasteiger partial charge is 0.0691 e. The van der Waals surface area contributed by atoms with E-state index in [1.54, 1.807) is 0 Å². The molecule has 0 saturated heterocycles. The molecule has 2 rings (SSSR count). The summed E-state index contributed by atoms with van der Waals surface area (Å²) >= 11 is 6.94. The SMILES string of the molecule is Cn1ncc2c(Br)c(Br)ccc21. The van der Waals surface area contributed by atoms with Crippen molar-refractivity contribution in [2.75, 3.05) is 0 Å². The third kappa shape index (κ3) is 1.10. The van der Waals surface area contributed by atoms with Crippen molar-refractivity contribution in [3.8, 4) is 0 Å². The summed E-state index contributed by atoms with van der Waals surface area (Å²) in [6, 6.07) is 4.05. The Morgan fingerprint density at radius 1 is 1.33 bits per heavy atom. The molecule has 0 unspecified atom stereocenters. The first-order valence-electron chi connectivity index (χ1n) is 3.46. The first-order valence-corrected chi connectivity index (χ1v) is 5.04. The highest BCUT2D eigenvalue weighted by atomic mass is 79.9. The average Bonchev–Trinajstić information content (AvgIpc) is 2.41. The van der Waals surface area contributed by atoms with Crippen LogP contribution in [-0.4, -0.2) is 9.78 Å². The van der Waals surface area contributed by atoms with Crippen LogP contribution in [-0.2, 0) is 7.05 Å². The topological polar surface area (TPSA) is 17.8 Å². The fourth-order valence-corrected chi connectivity index (χ4v) is 1.95. The van der Waals surface area contributed by atoms with Crippen molar-refractivity contribution in [2.45, 2.75) is 0 Å². The zero-order valence-electron chi connectivity index (χ0n) is 6.38. The number of hydrogen-bond acceptors (Lipinski definition) is 1. The maximum Gasteiger partial charge on any atom is 0.0691 e. The van der Waals surface area contributed by atoms with Gasteiger partial charge in [0, 0.05) is 21.4 Å². The van der Waals surface area contributed by atoms with E-state index >= 15 is 0 Å². The number of halogens is 2. The molecule has 12 heavy (non-hydrogen) atoms. The highest BCUT2D eigenvalue weighted by Gasteiger charge is 2.05. The summed E-state index contributed by atoms with van der Waals surface area (Å²) in [5, 5.41) is 5.29. The predicted octanol–water partition coefficient (Wildman–Crippen LogP) is 3.10. The molecular formula is C8H6Br2N2. The maximum absolute atomic E-state index is 4.16. The van der Waals surface area contributed by atoms with E-state index in [1.807, 2.05) is 30.1 Å². The van der Waals surface area contributed by atoms with Gasteiger partial charge in [-0.3, -0.25) is 4.68 Å². The molecule has 2 nitrogen and oxygen atoms in total. The molecule has 62 valence electrons. The minimum atomic E-state index is 1.06.